The molecule has 43 heavy (non-hydrogen) atoms. The fourth-order valence-electron chi connectivity index (χ4n) is 6.64. The number of aromatic hydroxyl groups is 3. The van der Waals surface area contributed by atoms with Gasteiger partial charge in [-0.3, -0.25) is 0 Å². The van der Waals surface area contributed by atoms with Gasteiger partial charge in [-0.1, -0.05) is 87.4 Å². The minimum absolute atomic E-state index is 0.0300. The molecular weight excluding hydrogens is 528 g/mol. The molecule has 0 spiro atoms. The van der Waals surface area contributed by atoms with E-state index in [1.807, 2.05) is 20.8 Å². The lowest BCUT2D eigenvalue weighted by molar-refractivity contribution is 0.440. The number of phenolic OH excluding ortho intramolecular Hbond substituents is 3. The SMILES string of the molecule is Cc1c(C(C)CC(c2cc(C(C)(C)C)c(O)c(C)c2C)c2cc(C(C)(C)C)c(O)c(C)c2C)cc(C(C)(C)C)c(O)c1C. The summed E-state index contributed by atoms with van der Waals surface area (Å²) in [6.07, 6.45) is 0.845. The normalized spacial score (nSPS) is 13.6. The Labute approximate surface area is 262 Å². The van der Waals surface area contributed by atoms with E-state index in [2.05, 4.69) is 108 Å². The first-order valence-electron chi connectivity index (χ1n) is 15.9. The molecule has 0 aliphatic heterocycles. The van der Waals surface area contributed by atoms with E-state index in [0.717, 1.165) is 56.5 Å². The molecule has 0 bridgehead atoms. The van der Waals surface area contributed by atoms with Gasteiger partial charge in [-0.05, 0) is 137 Å². The molecule has 0 radical (unpaired) electrons. The van der Waals surface area contributed by atoms with Crippen LogP contribution in [0.1, 0.15) is 154 Å². The first-order valence-corrected chi connectivity index (χ1v) is 15.9. The lowest BCUT2D eigenvalue weighted by Gasteiger charge is -2.33. The van der Waals surface area contributed by atoms with Crippen molar-refractivity contribution in [1.82, 2.24) is 0 Å². The van der Waals surface area contributed by atoms with E-state index in [1.165, 1.54) is 16.7 Å². The van der Waals surface area contributed by atoms with Crippen molar-refractivity contribution in [3.8, 4) is 17.2 Å². The van der Waals surface area contributed by atoms with Crippen LogP contribution in [0.5, 0.6) is 17.2 Å². The summed E-state index contributed by atoms with van der Waals surface area (Å²) >= 11 is 0. The van der Waals surface area contributed by atoms with Crippen LogP contribution in [0.4, 0.5) is 0 Å². The van der Waals surface area contributed by atoms with E-state index in [0.29, 0.717) is 17.2 Å². The van der Waals surface area contributed by atoms with E-state index in [-0.39, 0.29) is 28.1 Å². The highest BCUT2D eigenvalue weighted by atomic mass is 16.3. The molecule has 0 fully saturated rings. The highest BCUT2D eigenvalue weighted by Gasteiger charge is 2.32. The number of hydrogen-bond donors (Lipinski definition) is 3. The van der Waals surface area contributed by atoms with Crippen LogP contribution in [0, 0.1) is 41.5 Å². The van der Waals surface area contributed by atoms with E-state index >= 15 is 0 Å². The first kappa shape index (κ1) is 34.5. The molecule has 3 heteroatoms. The second kappa shape index (κ2) is 11.5. The molecular formula is C40H58O3. The standard InChI is InChI=1S/C40H58O3/c1-21(28-18-32(38(8,9)10)35(41)25(5)22(28)2)17-31(29-19-33(39(11,12)13)36(42)26(6)23(29)3)30-20-34(40(14,15)16)37(43)27(7)24(30)4/h18-21,31,41-43H,17H2,1-16H3. The monoisotopic (exact) mass is 586 g/mol. The minimum atomic E-state index is -0.226. The summed E-state index contributed by atoms with van der Waals surface area (Å²) in [5, 5.41) is 33.7. The molecule has 3 nitrogen and oxygen atoms in total. The van der Waals surface area contributed by atoms with E-state index in [1.54, 1.807) is 0 Å². The van der Waals surface area contributed by atoms with Gasteiger partial charge in [-0.2, -0.15) is 0 Å². The summed E-state index contributed by atoms with van der Waals surface area (Å²) in [4.78, 5) is 0. The molecule has 1 unspecified atom stereocenters. The van der Waals surface area contributed by atoms with Gasteiger partial charge in [0, 0.05) is 5.92 Å². The Bertz CT molecular complexity index is 1460. The zero-order chi connectivity index (χ0) is 33.1. The highest BCUT2D eigenvalue weighted by molar-refractivity contribution is 5.59. The second-order valence-electron chi connectivity index (χ2n) is 16.3. The summed E-state index contributed by atoms with van der Waals surface area (Å²) < 4.78 is 0. The van der Waals surface area contributed by atoms with Crippen molar-refractivity contribution in [3.63, 3.8) is 0 Å². The number of rotatable bonds is 5. The molecule has 0 saturated carbocycles. The lowest BCUT2D eigenvalue weighted by atomic mass is 9.72. The van der Waals surface area contributed by atoms with Crippen LogP contribution in [-0.2, 0) is 16.2 Å². The predicted molar refractivity (Wildman–Crippen MR) is 184 cm³/mol. The van der Waals surface area contributed by atoms with Gasteiger partial charge in [0.15, 0.2) is 0 Å². The third-order valence-corrected chi connectivity index (χ3v) is 10.0. The molecule has 1 atom stereocenters. The Morgan fingerprint density at radius 2 is 0.721 bits per heavy atom. The van der Waals surface area contributed by atoms with Gasteiger partial charge in [-0.15, -0.1) is 0 Å². The summed E-state index contributed by atoms with van der Waals surface area (Å²) in [7, 11) is 0. The average Bonchev–Trinajstić information content (AvgIpc) is 2.86. The zero-order valence-electron chi connectivity index (χ0n) is 29.9. The fraction of sp³-hybridized carbons (Fsp3) is 0.550. The molecule has 0 saturated heterocycles. The van der Waals surface area contributed by atoms with Crippen LogP contribution >= 0.6 is 0 Å². The quantitative estimate of drug-likeness (QED) is 0.279. The maximum atomic E-state index is 11.3. The van der Waals surface area contributed by atoms with Crippen molar-refractivity contribution in [1.29, 1.82) is 0 Å². The highest BCUT2D eigenvalue weighted by Crippen LogP contribution is 2.48. The maximum absolute atomic E-state index is 11.3. The maximum Gasteiger partial charge on any atom is 0.122 e. The zero-order valence-corrected chi connectivity index (χ0v) is 29.9. The van der Waals surface area contributed by atoms with Gasteiger partial charge in [0.25, 0.3) is 0 Å². The topological polar surface area (TPSA) is 60.7 Å². The molecule has 3 rings (SSSR count). The summed E-state index contributed by atoms with van der Waals surface area (Å²) in [5.41, 5.74) is 12.1. The molecule has 0 aliphatic carbocycles. The van der Waals surface area contributed by atoms with Crippen LogP contribution < -0.4 is 0 Å². The van der Waals surface area contributed by atoms with Gasteiger partial charge in [0.2, 0.25) is 0 Å². The van der Waals surface area contributed by atoms with Crippen molar-refractivity contribution < 1.29 is 15.3 Å². The summed E-state index contributed by atoms with van der Waals surface area (Å²) in [6, 6.07) is 6.70. The van der Waals surface area contributed by atoms with Gasteiger partial charge in [0.1, 0.15) is 17.2 Å². The van der Waals surface area contributed by atoms with Crippen molar-refractivity contribution >= 4 is 0 Å². The molecule has 236 valence electrons. The summed E-state index contributed by atoms with van der Waals surface area (Å²) in [6.45, 7) is 34.2. The molecule has 0 aromatic heterocycles. The Kier molecular flexibility index (Phi) is 9.26. The third kappa shape index (κ3) is 6.47. The lowest BCUT2D eigenvalue weighted by Crippen LogP contribution is -2.19. The van der Waals surface area contributed by atoms with Crippen LogP contribution in [0.2, 0.25) is 0 Å². The van der Waals surface area contributed by atoms with Crippen molar-refractivity contribution in [2.24, 2.45) is 0 Å². The third-order valence-electron chi connectivity index (χ3n) is 10.0. The molecule has 0 heterocycles. The van der Waals surface area contributed by atoms with Gasteiger partial charge in [-0.25, -0.2) is 0 Å². The molecule has 0 amide bonds. The fourth-order valence-corrected chi connectivity index (χ4v) is 6.64. The molecule has 3 aromatic carbocycles. The Balaban J connectivity index is 2.42. The van der Waals surface area contributed by atoms with E-state index in [9.17, 15) is 15.3 Å². The van der Waals surface area contributed by atoms with Crippen molar-refractivity contribution in [2.45, 2.75) is 145 Å². The number of benzene rings is 3. The average molecular weight is 587 g/mol. The van der Waals surface area contributed by atoms with Gasteiger partial charge in [0.05, 0.1) is 0 Å². The first-order chi connectivity index (χ1) is 19.4. The molecule has 3 aromatic rings. The van der Waals surface area contributed by atoms with E-state index < -0.39 is 0 Å². The Hall–Kier alpha value is -2.94. The Morgan fingerprint density at radius 3 is 1.00 bits per heavy atom. The van der Waals surface area contributed by atoms with Crippen LogP contribution in [-0.4, -0.2) is 15.3 Å². The van der Waals surface area contributed by atoms with Crippen molar-refractivity contribution in [2.75, 3.05) is 0 Å². The van der Waals surface area contributed by atoms with Crippen LogP contribution in [0.15, 0.2) is 18.2 Å². The molecule has 0 aliphatic rings. The van der Waals surface area contributed by atoms with E-state index in [4.69, 9.17) is 0 Å². The molecule has 3 N–H and O–H groups in total. The van der Waals surface area contributed by atoms with Crippen molar-refractivity contribution in [3.05, 3.63) is 85.0 Å². The Morgan fingerprint density at radius 1 is 0.465 bits per heavy atom. The smallest absolute Gasteiger partial charge is 0.122 e. The number of hydrogen-bond acceptors (Lipinski definition) is 3. The van der Waals surface area contributed by atoms with Gasteiger partial charge >= 0.3 is 0 Å². The second-order valence-corrected chi connectivity index (χ2v) is 16.3. The number of phenols is 3. The predicted octanol–water partition coefficient (Wildman–Crippen LogP) is 10.9. The van der Waals surface area contributed by atoms with Crippen LogP contribution in [0.25, 0.3) is 0 Å². The summed E-state index contributed by atoms with van der Waals surface area (Å²) in [5.74, 6) is 1.38. The van der Waals surface area contributed by atoms with Gasteiger partial charge < -0.3 is 15.3 Å². The minimum Gasteiger partial charge on any atom is -0.507 e. The van der Waals surface area contributed by atoms with Crippen LogP contribution in [0.3, 0.4) is 0 Å². The largest absolute Gasteiger partial charge is 0.507 e.